The van der Waals surface area contributed by atoms with Gasteiger partial charge >= 0.3 is 6.09 Å². The van der Waals surface area contributed by atoms with Crippen LogP contribution in [0.15, 0.2) is 47.5 Å². The van der Waals surface area contributed by atoms with E-state index < -0.39 is 6.09 Å². The van der Waals surface area contributed by atoms with Crippen LogP contribution in [0.2, 0.25) is 0 Å². The summed E-state index contributed by atoms with van der Waals surface area (Å²) >= 11 is 0. The maximum absolute atomic E-state index is 11.4. The SMILES string of the molecule is CCOC(=O)NC1=NC(c2cccc3ccccc23)CN1. The predicted molar refractivity (Wildman–Crippen MR) is 82.3 cm³/mol. The molecular formula is C16H17N3O2. The zero-order valence-corrected chi connectivity index (χ0v) is 11.8. The van der Waals surface area contributed by atoms with Crippen molar-refractivity contribution in [1.29, 1.82) is 0 Å². The fourth-order valence-corrected chi connectivity index (χ4v) is 2.50. The van der Waals surface area contributed by atoms with Crippen LogP contribution in [0, 0.1) is 0 Å². The lowest BCUT2D eigenvalue weighted by atomic mass is 9.99. The molecular weight excluding hydrogens is 266 g/mol. The number of benzene rings is 2. The van der Waals surface area contributed by atoms with E-state index in [1.807, 2.05) is 18.2 Å². The van der Waals surface area contributed by atoms with Crippen LogP contribution in [0.3, 0.4) is 0 Å². The van der Waals surface area contributed by atoms with Gasteiger partial charge in [0.05, 0.1) is 12.6 Å². The zero-order chi connectivity index (χ0) is 14.7. The Morgan fingerprint density at radius 2 is 2.14 bits per heavy atom. The van der Waals surface area contributed by atoms with Gasteiger partial charge in [-0.25, -0.2) is 9.79 Å². The first-order valence-corrected chi connectivity index (χ1v) is 7.01. The highest BCUT2D eigenvalue weighted by Crippen LogP contribution is 2.27. The van der Waals surface area contributed by atoms with Crippen LogP contribution >= 0.6 is 0 Å². The molecule has 2 N–H and O–H groups in total. The quantitative estimate of drug-likeness (QED) is 0.890. The molecule has 0 aromatic heterocycles. The molecule has 0 bridgehead atoms. The lowest BCUT2D eigenvalue weighted by molar-refractivity contribution is 0.157. The molecule has 21 heavy (non-hydrogen) atoms. The molecule has 1 heterocycles. The van der Waals surface area contributed by atoms with Crippen LogP contribution in [0.4, 0.5) is 4.79 Å². The summed E-state index contributed by atoms with van der Waals surface area (Å²) in [5, 5.41) is 8.08. The van der Waals surface area contributed by atoms with E-state index in [1.54, 1.807) is 6.92 Å². The minimum atomic E-state index is -0.484. The van der Waals surface area contributed by atoms with Crippen molar-refractivity contribution in [2.45, 2.75) is 13.0 Å². The molecule has 0 radical (unpaired) electrons. The molecule has 5 heteroatoms. The summed E-state index contributed by atoms with van der Waals surface area (Å²) in [6.45, 7) is 2.77. The molecule has 0 saturated heterocycles. The molecule has 2 aromatic carbocycles. The van der Waals surface area contributed by atoms with Gasteiger partial charge in [-0.3, -0.25) is 5.32 Å². The Balaban J connectivity index is 1.84. The second-order valence-electron chi connectivity index (χ2n) is 4.79. The number of nitrogens with one attached hydrogen (secondary N) is 2. The van der Waals surface area contributed by atoms with Crippen molar-refractivity contribution < 1.29 is 9.53 Å². The molecule has 1 atom stereocenters. The average Bonchev–Trinajstić information content (AvgIpc) is 2.95. The fourth-order valence-electron chi connectivity index (χ4n) is 2.50. The second-order valence-corrected chi connectivity index (χ2v) is 4.79. The van der Waals surface area contributed by atoms with E-state index in [0.717, 1.165) is 5.56 Å². The average molecular weight is 283 g/mol. The number of fused-ring (bicyclic) bond motifs is 1. The van der Waals surface area contributed by atoms with Crippen molar-refractivity contribution in [3.8, 4) is 0 Å². The third kappa shape index (κ3) is 2.81. The van der Waals surface area contributed by atoms with Gasteiger partial charge in [0, 0.05) is 6.54 Å². The zero-order valence-electron chi connectivity index (χ0n) is 11.8. The summed E-state index contributed by atoms with van der Waals surface area (Å²) in [7, 11) is 0. The fraction of sp³-hybridized carbons (Fsp3) is 0.250. The van der Waals surface area contributed by atoms with Crippen LogP contribution in [0.25, 0.3) is 10.8 Å². The number of nitrogens with zero attached hydrogens (tertiary/aromatic N) is 1. The third-order valence-corrected chi connectivity index (χ3v) is 3.43. The predicted octanol–water partition coefficient (Wildman–Crippen LogP) is 2.59. The molecule has 3 rings (SSSR count). The van der Waals surface area contributed by atoms with Crippen molar-refractivity contribution in [2.75, 3.05) is 13.2 Å². The van der Waals surface area contributed by atoms with E-state index in [9.17, 15) is 4.79 Å². The van der Waals surface area contributed by atoms with E-state index in [2.05, 4.69) is 39.9 Å². The van der Waals surface area contributed by atoms with Gasteiger partial charge in [-0.1, -0.05) is 42.5 Å². The smallest absolute Gasteiger partial charge is 0.413 e. The number of amides is 1. The number of guanidine groups is 1. The first kappa shape index (κ1) is 13.4. The maximum atomic E-state index is 11.4. The number of hydrogen-bond donors (Lipinski definition) is 2. The molecule has 5 nitrogen and oxygen atoms in total. The van der Waals surface area contributed by atoms with Gasteiger partial charge in [0.25, 0.3) is 0 Å². The van der Waals surface area contributed by atoms with Crippen LogP contribution in [-0.2, 0) is 4.74 Å². The Hall–Kier alpha value is -2.56. The number of hydrogen-bond acceptors (Lipinski definition) is 4. The maximum Gasteiger partial charge on any atom is 0.413 e. The highest BCUT2D eigenvalue weighted by Gasteiger charge is 2.21. The number of ether oxygens (including phenoxy) is 1. The van der Waals surface area contributed by atoms with Crippen LogP contribution < -0.4 is 10.6 Å². The van der Waals surface area contributed by atoms with E-state index in [0.29, 0.717) is 19.1 Å². The van der Waals surface area contributed by atoms with Gasteiger partial charge in [0.2, 0.25) is 5.96 Å². The standard InChI is InChI=1S/C16H17N3O2/c1-2-21-16(20)19-15-17-10-14(18-15)13-9-5-7-11-6-3-4-8-12(11)13/h3-9,14H,2,10H2,1H3,(H2,17,18,19,20). The Kier molecular flexibility index (Phi) is 3.73. The lowest BCUT2D eigenvalue weighted by Crippen LogP contribution is -2.38. The van der Waals surface area contributed by atoms with E-state index in [1.165, 1.54) is 10.8 Å². The first-order valence-electron chi connectivity index (χ1n) is 7.01. The van der Waals surface area contributed by atoms with Crippen molar-refractivity contribution in [1.82, 2.24) is 10.6 Å². The number of rotatable bonds is 2. The summed E-state index contributed by atoms with van der Waals surface area (Å²) in [4.78, 5) is 15.9. The van der Waals surface area contributed by atoms with E-state index in [4.69, 9.17) is 4.74 Å². The molecule has 0 spiro atoms. The second kappa shape index (κ2) is 5.83. The topological polar surface area (TPSA) is 62.7 Å². The summed E-state index contributed by atoms with van der Waals surface area (Å²) < 4.78 is 4.84. The molecule has 1 aliphatic rings. The number of alkyl carbamates (subject to hydrolysis) is 1. The Morgan fingerprint density at radius 3 is 3.00 bits per heavy atom. The van der Waals surface area contributed by atoms with Crippen molar-refractivity contribution in [2.24, 2.45) is 4.99 Å². The molecule has 0 aliphatic carbocycles. The van der Waals surface area contributed by atoms with Crippen LogP contribution in [0.1, 0.15) is 18.5 Å². The molecule has 1 amide bonds. The molecule has 0 fully saturated rings. The minimum absolute atomic E-state index is 0.00646. The van der Waals surface area contributed by atoms with Crippen LogP contribution in [-0.4, -0.2) is 25.2 Å². The molecule has 108 valence electrons. The Labute approximate surface area is 123 Å². The normalized spacial score (nSPS) is 17.2. The van der Waals surface area contributed by atoms with Gasteiger partial charge in [0.1, 0.15) is 0 Å². The minimum Gasteiger partial charge on any atom is -0.450 e. The first-order chi connectivity index (χ1) is 10.3. The largest absolute Gasteiger partial charge is 0.450 e. The van der Waals surface area contributed by atoms with Gasteiger partial charge in [-0.05, 0) is 23.3 Å². The van der Waals surface area contributed by atoms with Crippen molar-refractivity contribution in [3.05, 3.63) is 48.0 Å². The molecule has 0 saturated carbocycles. The summed E-state index contributed by atoms with van der Waals surface area (Å²) in [5.74, 6) is 0.464. The summed E-state index contributed by atoms with van der Waals surface area (Å²) in [6.07, 6.45) is -0.484. The molecule has 1 aliphatic heterocycles. The monoisotopic (exact) mass is 283 g/mol. The number of carbonyl (C=O) groups excluding carboxylic acids is 1. The van der Waals surface area contributed by atoms with E-state index >= 15 is 0 Å². The number of carbonyl (C=O) groups is 1. The Morgan fingerprint density at radius 1 is 1.33 bits per heavy atom. The highest BCUT2D eigenvalue weighted by atomic mass is 16.5. The van der Waals surface area contributed by atoms with Gasteiger partial charge in [-0.2, -0.15) is 0 Å². The van der Waals surface area contributed by atoms with Crippen LogP contribution in [0.5, 0.6) is 0 Å². The molecule has 2 aromatic rings. The summed E-state index contributed by atoms with van der Waals surface area (Å²) in [6, 6.07) is 14.4. The number of aliphatic imine (C=N–C) groups is 1. The van der Waals surface area contributed by atoms with Gasteiger partial charge in [-0.15, -0.1) is 0 Å². The summed E-state index contributed by atoms with van der Waals surface area (Å²) in [5.41, 5.74) is 1.15. The van der Waals surface area contributed by atoms with E-state index in [-0.39, 0.29) is 6.04 Å². The van der Waals surface area contributed by atoms with Gasteiger partial charge in [0.15, 0.2) is 0 Å². The van der Waals surface area contributed by atoms with Crippen molar-refractivity contribution >= 4 is 22.8 Å². The third-order valence-electron chi connectivity index (χ3n) is 3.43. The Bertz CT molecular complexity index is 691. The lowest BCUT2D eigenvalue weighted by Gasteiger charge is -2.09. The molecule has 1 unspecified atom stereocenters. The van der Waals surface area contributed by atoms with Crippen molar-refractivity contribution in [3.63, 3.8) is 0 Å². The highest BCUT2D eigenvalue weighted by molar-refractivity contribution is 5.95. The van der Waals surface area contributed by atoms with Gasteiger partial charge < -0.3 is 10.1 Å².